The highest BCUT2D eigenvalue weighted by atomic mass is 32.1. The van der Waals surface area contributed by atoms with Crippen LogP contribution in [0.2, 0.25) is 0 Å². The molecule has 2 N–H and O–H groups in total. The fourth-order valence-corrected chi connectivity index (χ4v) is 3.94. The second kappa shape index (κ2) is 7.41. The highest BCUT2D eigenvalue weighted by Gasteiger charge is 2.44. The van der Waals surface area contributed by atoms with Gasteiger partial charge in [-0.2, -0.15) is 5.26 Å². The first kappa shape index (κ1) is 18.1. The molecule has 0 spiro atoms. The average molecular weight is 390 g/mol. The summed E-state index contributed by atoms with van der Waals surface area (Å²) in [6.07, 6.45) is 1.45. The summed E-state index contributed by atoms with van der Waals surface area (Å²) in [5, 5.41) is 14.9. The summed E-state index contributed by atoms with van der Waals surface area (Å²) in [5.74, 6) is -0.608. The van der Waals surface area contributed by atoms with Crippen molar-refractivity contribution in [2.24, 2.45) is 0 Å². The number of nitrogens with one attached hydrogen (secondary N) is 2. The van der Waals surface area contributed by atoms with Gasteiger partial charge in [-0.3, -0.25) is 9.59 Å². The molecule has 1 aromatic heterocycles. The number of carbonyl (C=O) groups excluding carboxylic acids is 2. The molecule has 6 nitrogen and oxygen atoms in total. The molecule has 0 saturated heterocycles. The van der Waals surface area contributed by atoms with Crippen LogP contribution in [0, 0.1) is 11.3 Å². The van der Waals surface area contributed by atoms with E-state index in [4.69, 9.17) is 5.26 Å². The van der Waals surface area contributed by atoms with Crippen LogP contribution in [0.4, 0.5) is 0 Å². The third-order valence-electron chi connectivity index (χ3n) is 4.64. The van der Waals surface area contributed by atoms with Gasteiger partial charge < -0.3 is 10.6 Å². The van der Waals surface area contributed by atoms with E-state index in [1.165, 1.54) is 11.3 Å². The molecular formula is C21H18N4O2S. The number of aromatic nitrogens is 1. The maximum atomic E-state index is 12.1. The zero-order valence-electron chi connectivity index (χ0n) is 15.1. The molecule has 28 heavy (non-hydrogen) atoms. The standard InChI is InChI=1S/C21H18N4O2S/c22-13-21(8-9-21)25-19(27)12-23-18(26)11-20-24-16-7-6-15(10-17(16)28-20)14-4-2-1-3-5-14/h1-7,10H,8-9,11-12H2,(H,23,26)(H,25,27). The van der Waals surface area contributed by atoms with E-state index in [2.05, 4.69) is 39.9 Å². The molecule has 0 unspecified atom stereocenters. The molecule has 140 valence electrons. The van der Waals surface area contributed by atoms with Crippen molar-refractivity contribution in [2.45, 2.75) is 24.8 Å². The molecule has 2 aromatic carbocycles. The van der Waals surface area contributed by atoms with Crippen molar-refractivity contribution >= 4 is 33.4 Å². The van der Waals surface area contributed by atoms with Gasteiger partial charge in [-0.05, 0) is 36.1 Å². The van der Waals surface area contributed by atoms with Crippen LogP contribution in [0.3, 0.4) is 0 Å². The fraction of sp³-hybridized carbons (Fsp3) is 0.238. The van der Waals surface area contributed by atoms with Gasteiger partial charge in [-0.25, -0.2) is 4.98 Å². The van der Waals surface area contributed by atoms with Gasteiger partial charge in [-0.15, -0.1) is 11.3 Å². The van der Waals surface area contributed by atoms with Crippen molar-refractivity contribution < 1.29 is 9.59 Å². The highest BCUT2D eigenvalue weighted by Crippen LogP contribution is 2.34. The molecule has 3 aromatic rings. The molecule has 2 amide bonds. The number of amides is 2. The number of fused-ring (bicyclic) bond motifs is 1. The Kier molecular flexibility index (Phi) is 4.80. The molecule has 1 fully saturated rings. The van der Waals surface area contributed by atoms with Crippen molar-refractivity contribution in [2.75, 3.05) is 6.54 Å². The van der Waals surface area contributed by atoms with Crippen molar-refractivity contribution in [3.8, 4) is 17.2 Å². The summed E-state index contributed by atoms with van der Waals surface area (Å²) in [6, 6.07) is 18.2. The lowest BCUT2D eigenvalue weighted by atomic mass is 10.1. The normalized spacial score (nSPS) is 14.2. The summed E-state index contributed by atoms with van der Waals surface area (Å²) in [4.78, 5) is 28.5. The van der Waals surface area contributed by atoms with Crippen LogP contribution in [0.25, 0.3) is 21.3 Å². The van der Waals surface area contributed by atoms with Crippen molar-refractivity contribution in [1.29, 1.82) is 5.26 Å². The van der Waals surface area contributed by atoms with Crippen LogP contribution in [0.15, 0.2) is 48.5 Å². The Balaban J connectivity index is 1.37. The van der Waals surface area contributed by atoms with Crippen LogP contribution in [-0.4, -0.2) is 28.9 Å². The molecule has 1 heterocycles. The zero-order valence-corrected chi connectivity index (χ0v) is 15.9. The van der Waals surface area contributed by atoms with Gasteiger partial charge in [0.1, 0.15) is 10.5 Å². The predicted octanol–water partition coefficient (Wildman–Crippen LogP) is 2.79. The minimum absolute atomic E-state index is 0.122. The summed E-state index contributed by atoms with van der Waals surface area (Å²) in [5.41, 5.74) is 2.38. The molecule has 0 atom stereocenters. The van der Waals surface area contributed by atoms with Gasteiger partial charge in [-0.1, -0.05) is 36.4 Å². The Bertz CT molecular complexity index is 1080. The second-order valence-corrected chi connectivity index (χ2v) is 7.97. The third kappa shape index (κ3) is 4.02. The quantitative estimate of drug-likeness (QED) is 0.677. The fourth-order valence-electron chi connectivity index (χ4n) is 2.94. The molecule has 0 bridgehead atoms. The topological polar surface area (TPSA) is 94.9 Å². The molecule has 1 saturated carbocycles. The summed E-state index contributed by atoms with van der Waals surface area (Å²) in [6.45, 7) is -0.134. The Hall–Kier alpha value is -3.24. The Labute approximate surface area is 166 Å². The molecular weight excluding hydrogens is 372 g/mol. The number of nitrogens with zero attached hydrogens (tertiary/aromatic N) is 2. The predicted molar refractivity (Wildman–Crippen MR) is 107 cm³/mol. The average Bonchev–Trinajstić information content (AvgIpc) is 3.36. The van der Waals surface area contributed by atoms with Gasteiger partial charge in [0.25, 0.3) is 0 Å². The maximum absolute atomic E-state index is 12.1. The van der Waals surface area contributed by atoms with Crippen molar-refractivity contribution in [3.63, 3.8) is 0 Å². The van der Waals surface area contributed by atoms with E-state index in [0.717, 1.165) is 21.3 Å². The van der Waals surface area contributed by atoms with Crippen LogP contribution in [0.5, 0.6) is 0 Å². The molecule has 1 aliphatic carbocycles. The van der Waals surface area contributed by atoms with Gasteiger partial charge in [0.05, 0.1) is 29.3 Å². The lowest BCUT2D eigenvalue weighted by molar-refractivity contribution is -0.126. The van der Waals surface area contributed by atoms with Gasteiger partial charge in [0.2, 0.25) is 11.8 Å². The maximum Gasteiger partial charge on any atom is 0.240 e. The van der Waals surface area contributed by atoms with Crippen molar-refractivity contribution in [1.82, 2.24) is 15.6 Å². The number of nitriles is 1. The van der Waals surface area contributed by atoms with Gasteiger partial charge in [0.15, 0.2) is 0 Å². The molecule has 1 aliphatic rings. The lowest BCUT2D eigenvalue weighted by Gasteiger charge is -2.09. The van der Waals surface area contributed by atoms with E-state index in [0.29, 0.717) is 17.8 Å². The monoisotopic (exact) mass is 390 g/mol. The Morgan fingerprint density at radius 2 is 1.89 bits per heavy atom. The number of thiazole rings is 1. The SMILES string of the molecule is N#CC1(NC(=O)CNC(=O)Cc2nc3ccc(-c4ccccc4)cc3s2)CC1. The number of hydrogen-bond acceptors (Lipinski definition) is 5. The second-order valence-electron chi connectivity index (χ2n) is 6.85. The highest BCUT2D eigenvalue weighted by molar-refractivity contribution is 7.18. The summed E-state index contributed by atoms with van der Waals surface area (Å²) >= 11 is 1.48. The minimum atomic E-state index is -0.717. The minimum Gasteiger partial charge on any atom is -0.347 e. The summed E-state index contributed by atoms with van der Waals surface area (Å²) in [7, 11) is 0. The first-order chi connectivity index (χ1) is 13.6. The van der Waals surface area contributed by atoms with E-state index >= 15 is 0 Å². The first-order valence-electron chi connectivity index (χ1n) is 9.01. The van der Waals surface area contributed by atoms with E-state index in [9.17, 15) is 9.59 Å². The van der Waals surface area contributed by atoms with E-state index in [1.54, 1.807) is 0 Å². The number of benzene rings is 2. The van der Waals surface area contributed by atoms with Crippen LogP contribution in [-0.2, 0) is 16.0 Å². The van der Waals surface area contributed by atoms with Crippen LogP contribution >= 0.6 is 11.3 Å². The first-order valence-corrected chi connectivity index (χ1v) is 9.82. The largest absolute Gasteiger partial charge is 0.347 e. The zero-order chi connectivity index (χ0) is 19.6. The number of rotatable bonds is 6. The summed E-state index contributed by atoms with van der Waals surface area (Å²) < 4.78 is 1.02. The molecule has 4 rings (SSSR count). The van der Waals surface area contributed by atoms with E-state index < -0.39 is 5.54 Å². The van der Waals surface area contributed by atoms with Gasteiger partial charge in [0, 0.05) is 0 Å². The number of hydrogen-bond donors (Lipinski definition) is 2. The van der Waals surface area contributed by atoms with Crippen LogP contribution in [0.1, 0.15) is 17.8 Å². The van der Waals surface area contributed by atoms with E-state index in [-0.39, 0.29) is 24.8 Å². The molecule has 7 heteroatoms. The van der Waals surface area contributed by atoms with Gasteiger partial charge >= 0.3 is 0 Å². The Morgan fingerprint density at radius 3 is 2.61 bits per heavy atom. The number of carbonyl (C=O) groups is 2. The lowest BCUT2D eigenvalue weighted by Crippen LogP contribution is -2.43. The molecule has 0 aliphatic heterocycles. The van der Waals surface area contributed by atoms with E-state index in [1.807, 2.05) is 30.3 Å². The molecule has 0 radical (unpaired) electrons. The van der Waals surface area contributed by atoms with Crippen LogP contribution < -0.4 is 10.6 Å². The third-order valence-corrected chi connectivity index (χ3v) is 5.66. The van der Waals surface area contributed by atoms with Crippen molar-refractivity contribution in [3.05, 3.63) is 53.5 Å². The smallest absolute Gasteiger partial charge is 0.240 e. The Morgan fingerprint density at radius 1 is 1.11 bits per heavy atom.